The molecule has 2 aromatic heterocycles. The average Bonchev–Trinajstić information content (AvgIpc) is 3.14. The fraction of sp³-hybridized carbons (Fsp3) is 0.217. The number of fused-ring (bicyclic) bond motifs is 3. The van der Waals surface area contributed by atoms with Gasteiger partial charge in [0, 0.05) is 52.0 Å². The Morgan fingerprint density at radius 3 is 2.77 bits per heavy atom. The Morgan fingerprint density at radius 1 is 1.20 bits per heavy atom. The van der Waals surface area contributed by atoms with Crippen molar-refractivity contribution in [2.45, 2.75) is 13.3 Å². The number of aromatic nitrogens is 1. The van der Waals surface area contributed by atoms with Crippen molar-refractivity contribution in [2.75, 3.05) is 19.8 Å². The summed E-state index contributed by atoms with van der Waals surface area (Å²) in [5, 5.41) is 5.32. The molecule has 1 amide bonds. The van der Waals surface area contributed by atoms with Crippen molar-refractivity contribution in [1.82, 2.24) is 10.3 Å². The number of pyridine rings is 1. The van der Waals surface area contributed by atoms with E-state index in [9.17, 15) is 9.18 Å². The Labute approximate surface area is 182 Å². The number of nitrogens with one attached hydrogen (secondary N) is 1. The predicted octanol–water partition coefficient (Wildman–Crippen LogP) is 6.07. The van der Waals surface area contributed by atoms with Crippen LogP contribution in [-0.2, 0) is 4.74 Å². The number of hydrogen-bond acceptors (Lipinski definition) is 4. The molecule has 2 aromatic carbocycles. The molecule has 4 nitrogen and oxygen atoms in total. The standard InChI is InChI=1S/C23H20ClFN2O2S/c1-2-29-11-3-10-26-23(28)22-20(14-4-7-16(25)8-5-14)18-13-27-19-9-6-15(24)12-17(19)21(18)30-22/h4-9,12-13H,2-3,10-11H2,1H3,(H,26,28). The summed E-state index contributed by atoms with van der Waals surface area (Å²) in [6, 6.07) is 11.7. The van der Waals surface area contributed by atoms with Gasteiger partial charge in [0.2, 0.25) is 0 Å². The lowest BCUT2D eigenvalue weighted by Crippen LogP contribution is -2.24. The summed E-state index contributed by atoms with van der Waals surface area (Å²) in [6.07, 6.45) is 2.50. The van der Waals surface area contributed by atoms with Gasteiger partial charge in [0.05, 0.1) is 5.52 Å². The molecule has 0 radical (unpaired) electrons. The number of rotatable bonds is 7. The quantitative estimate of drug-likeness (QED) is 0.353. The largest absolute Gasteiger partial charge is 0.382 e. The van der Waals surface area contributed by atoms with Crippen molar-refractivity contribution in [3.8, 4) is 11.1 Å². The molecule has 1 N–H and O–H groups in total. The van der Waals surface area contributed by atoms with Crippen molar-refractivity contribution < 1.29 is 13.9 Å². The molecule has 0 bridgehead atoms. The Morgan fingerprint density at radius 2 is 2.00 bits per heavy atom. The number of carbonyl (C=O) groups excluding carboxylic acids is 1. The van der Waals surface area contributed by atoms with Gasteiger partial charge in [-0.05, 0) is 49.2 Å². The molecule has 0 fully saturated rings. The third-order valence-corrected chi connectivity index (χ3v) is 6.25. The third-order valence-electron chi connectivity index (χ3n) is 4.78. The van der Waals surface area contributed by atoms with Gasteiger partial charge in [-0.2, -0.15) is 0 Å². The van der Waals surface area contributed by atoms with Gasteiger partial charge in [-0.1, -0.05) is 23.7 Å². The molecule has 0 unspecified atom stereocenters. The maximum absolute atomic E-state index is 13.5. The molecule has 30 heavy (non-hydrogen) atoms. The topological polar surface area (TPSA) is 51.2 Å². The van der Waals surface area contributed by atoms with E-state index >= 15 is 0 Å². The molecule has 154 valence electrons. The molecular weight excluding hydrogens is 423 g/mol. The zero-order valence-electron chi connectivity index (χ0n) is 16.4. The lowest BCUT2D eigenvalue weighted by atomic mass is 10.0. The van der Waals surface area contributed by atoms with Crippen molar-refractivity contribution in [3.05, 3.63) is 64.4 Å². The van der Waals surface area contributed by atoms with Crippen LogP contribution in [0.3, 0.4) is 0 Å². The minimum absolute atomic E-state index is 0.165. The zero-order chi connectivity index (χ0) is 21.1. The number of halogens is 2. The van der Waals surface area contributed by atoms with Crippen LogP contribution in [0.15, 0.2) is 48.7 Å². The number of carbonyl (C=O) groups is 1. The van der Waals surface area contributed by atoms with Gasteiger partial charge < -0.3 is 10.1 Å². The molecule has 0 aliphatic rings. The van der Waals surface area contributed by atoms with Crippen molar-refractivity contribution in [3.63, 3.8) is 0 Å². The highest BCUT2D eigenvalue weighted by Crippen LogP contribution is 2.42. The van der Waals surface area contributed by atoms with Gasteiger partial charge in [0.1, 0.15) is 10.7 Å². The molecule has 7 heteroatoms. The maximum Gasteiger partial charge on any atom is 0.262 e. The monoisotopic (exact) mass is 442 g/mol. The second-order valence-electron chi connectivity index (χ2n) is 6.78. The maximum atomic E-state index is 13.5. The van der Waals surface area contributed by atoms with E-state index in [1.165, 1.54) is 23.5 Å². The van der Waals surface area contributed by atoms with Crippen LogP contribution in [0.4, 0.5) is 4.39 Å². The fourth-order valence-corrected chi connectivity index (χ4v) is 4.78. The van der Waals surface area contributed by atoms with E-state index in [-0.39, 0.29) is 11.7 Å². The minimum atomic E-state index is -0.324. The van der Waals surface area contributed by atoms with E-state index in [1.54, 1.807) is 24.4 Å². The molecule has 0 spiro atoms. The second-order valence-corrected chi connectivity index (χ2v) is 8.24. The van der Waals surface area contributed by atoms with Gasteiger partial charge >= 0.3 is 0 Å². The zero-order valence-corrected chi connectivity index (χ0v) is 17.9. The smallest absolute Gasteiger partial charge is 0.262 e. The average molecular weight is 443 g/mol. The van der Waals surface area contributed by atoms with Crippen molar-refractivity contribution in [2.24, 2.45) is 0 Å². The van der Waals surface area contributed by atoms with Crippen LogP contribution < -0.4 is 5.32 Å². The highest BCUT2D eigenvalue weighted by Gasteiger charge is 2.21. The van der Waals surface area contributed by atoms with Crippen LogP contribution in [0.5, 0.6) is 0 Å². The molecule has 0 aliphatic heterocycles. The minimum Gasteiger partial charge on any atom is -0.382 e. The molecule has 0 saturated carbocycles. The van der Waals surface area contributed by atoms with E-state index in [0.29, 0.717) is 29.7 Å². The predicted molar refractivity (Wildman–Crippen MR) is 121 cm³/mol. The number of amides is 1. The normalized spacial score (nSPS) is 11.3. The summed E-state index contributed by atoms with van der Waals surface area (Å²) in [7, 11) is 0. The molecule has 4 aromatic rings. The van der Waals surface area contributed by atoms with Crippen LogP contribution >= 0.6 is 22.9 Å². The summed E-state index contributed by atoms with van der Waals surface area (Å²) in [6.45, 7) is 3.71. The summed E-state index contributed by atoms with van der Waals surface area (Å²) in [5.41, 5.74) is 2.33. The molecule has 0 saturated heterocycles. The summed E-state index contributed by atoms with van der Waals surface area (Å²) < 4.78 is 19.8. The van der Waals surface area contributed by atoms with E-state index in [4.69, 9.17) is 16.3 Å². The lowest BCUT2D eigenvalue weighted by Gasteiger charge is -2.07. The number of nitrogens with zero attached hydrogens (tertiary/aromatic N) is 1. The van der Waals surface area contributed by atoms with Gasteiger partial charge in [-0.3, -0.25) is 9.78 Å². The Kier molecular flexibility index (Phi) is 6.27. The Bertz CT molecular complexity index is 1210. The second kappa shape index (κ2) is 9.08. The van der Waals surface area contributed by atoms with Crippen LogP contribution in [0.25, 0.3) is 32.1 Å². The van der Waals surface area contributed by atoms with Crippen LogP contribution in [0, 0.1) is 5.82 Å². The van der Waals surface area contributed by atoms with E-state index < -0.39 is 0 Å². The number of hydrogen-bond donors (Lipinski definition) is 1. The Balaban J connectivity index is 1.81. The molecule has 0 atom stereocenters. The fourth-order valence-electron chi connectivity index (χ4n) is 3.37. The van der Waals surface area contributed by atoms with E-state index in [2.05, 4.69) is 10.3 Å². The van der Waals surface area contributed by atoms with Gasteiger partial charge in [-0.15, -0.1) is 11.3 Å². The highest BCUT2D eigenvalue weighted by atomic mass is 35.5. The number of thiophene rings is 1. The summed E-state index contributed by atoms with van der Waals surface area (Å²) in [5.74, 6) is -0.488. The lowest BCUT2D eigenvalue weighted by molar-refractivity contribution is 0.0949. The highest BCUT2D eigenvalue weighted by molar-refractivity contribution is 7.22. The van der Waals surface area contributed by atoms with E-state index in [0.717, 1.165) is 38.5 Å². The number of benzene rings is 2. The van der Waals surface area contributed by atoms with Gasteiger partial charge in [0.25, 0.3) is 5.91 Å². The first kappa shape index (κ1) is 20.7. The van der Waals surface area contributed by atoms with Crippen LogP contribution in [0.1, 0.15) is 23.0 Å². The van der Waals surface area contributed by atoms with Gasteiger partial charge in [0.15, 0.2) is 0 Å². The van der Waals surface area contributed by atoms with Crippen LogP contribution in [0.2, 0.25) is 5.02 Å². The molecular formula is C23H20ClFN2O2S. The first-order valence-corrected chi connectivity index (χ1v) is 10.9. The molecule has 2 heterocycles. The Hall–Kier alpha value is -2.54. The van der Waals surface area contributed by atoms with Crippen molar-refractivity contribution >= 4 is 49.8 Å². The summed E-state index contributed by atoms with van der Waals surface area (Å²) >= 11 is 7.62. The third kappa shape index (κ3) is 4.17. The van der Waals surface area contributed by atoms with E-state index in [1.807, 2.05) is 19.1 Å². The van der Waals surface area contributed by atoms with Crippen molar-refractivity contribution in [1.29, 1.82) is 0 Å². The van der Waals surface area contributed by atoms with Gasteiger partial charge in [-0.25, -0.2) is 4.39 Å². The summed E-state index contributed by atoms with van der Waals surface area (Å²) in [4.78, 5) is 18.2. The molecule has 4 rings (SSSR count). The first-order chi connectivity index (χ1) is 14.6. The molecule has 0 aliphatic carbocycles. The first-order valence-electron chi connectivity index (χ1n) is 9.71. The van der Waals surface area contributed by atoms with Crippen LogP contribution in [-0.4, -0.2) is 30.6 Å². The SMILES string of the molecule is CCOCCCNC(=O)c1sc2c(cnc3ccc(Cl)cc32)c1-c1ccc(F)cc1. The number of ether oxygens (including phenoxy) is 1.